The van der Waals surface area contributed by atoms with Crippen LogP contribution >= 0.6 is 11.8 Å². The fourth-order valence-corrected chi connectivity index (χ4v) is 2.42. The van der Waals surface area contributed by atoms with Crippen LogP contribution in [-0.2, 0) is 0 Å². The summed E-state index contributed by atoms with van der Waals surface area (Å²) >= 11 is 1.81. The van der Waals surface area contributed by atoms with E-state index in [0.717, 1.165) is 17.7 Å². The Balaban J connectivity index is 2.71. The van der Waals surface area contributed by atoms with Crippen LogP contribution in [0.15, 0.2) is 24.3 Å². The third-order valence-corrected chi connectivity index (χ3v) is 3.42. The van der Waals surface area contributed by atoms with E-state index >= 15 is 0 Å². The van der Waals surface area contributed by atoms with Gasteiger partial charge in [0.1, 0.15) is 5.82 Å². The van der Waals surface area contributed by atoms with E-state index < -0.39 is 0 Å². The molecule has 0 bridgehead atoms. The molecular formula is C13H20FNS. The highest BCUT2D eigenvalue weighted by molar-refractivity contribution is 7.98. The molecule has 0 aliphatic carbocycles. The summed E-state index contributed by atoms with van der Waals surface area (Å²) < 4.78 is 13.6. The first-order valence-electron chi connectivity index (χ1n) is 5.68. The topological polar surface area (TPSA) is 12.0 Å². The standard InChI is InChI=1S/C13H20FNS/c1-4-13(15-10(2)9-16-3)11-7-5-6-8-12(11)14/h5-8,10,13,15H,4,9H2,1-3H3. The minimum Gasteiger partial charge on any atom is -0.307 e. The summed E-state index contributed by atoms with van der Waals surface area (Å²) in [5.41, 5.74) is 0.776. The molecule has 2 atom stereocenters. The fraction of sp³-hybridized carbons (Fsp3) is 0.538. The van der Waals surface area contributed by atoms with Crippen molar-refractivity contribution in [1.29, 1.82) is 0 Å². The van der Waals surface area contributed by atoms with Crippen molar-refractivity contribution in [1.82, 2.24) is 5.32 Å². The van der Waals surface area contributed by atoms with Crippen LogP contribution in [-0.4, -0.2) is 18.1 Å². The van der Waals surface area contributed by atoms with Gasteiger partial charge in [-0.05, 0) is 25.7 Å². The van der Waals surface area contributed by atoms with Crippen LogP contribution in [0.2, 0.25) is 0 Å². The maximum atomic E-state index is 13.6. The Morgan fingerprint density at radius 3 is 2.62 bits per heavy atom. The molecule has 1 rings (SSSR count). The van der Waals surface area contributed by atoms with Crippen LogP contribution < -0.4 is 5.32 Å². The average Bonchev–Trinajstić information content (AvgIpc) is 2.27. The van der Waals surface area contributed by atoms with Crippen LogP contribution in [0.25, 0.3) is 0 Å². The van der Waals surface area contributed by atoms with Gasteiger partial charge in [0.15, 0.2) is 0 Å². The molecule has 0 spiro atoms. The van der Waals surface area contributed by atoms with E-state index in [0.29, 0.717) is 6.04 Å². The third-order valence-electron chi connectivity index (χ3n) is 2.59. The highest BCUT2D eigenvalue weighted by atomic mass is 32.2. The molecule has 90 valence electrons. The Hall–Kier alpha value is -0.540. The van der Waals surface area contributed by atoms with Crippen LogP contribution in [0.5, 0.6) is 0 Å². The van der Waals surface area contributed by atoms with Crippen LogP contribution in [0, 0.1) is 5.82 Å². The Morgan fingerprint density at radius 1 is 1.38 bits per heavy atom. The molecule has 1 aromatic rings. The second kappa shape index (κ2) is 6.92. The van der Waals surface area contributed by atoms with Crippen molar-refractivity contribution in [3.8, 4) is 0 Å². The lowest BCUT2D eigenvalue weighted by atomic mass is 10.0. The lowest BCUT2D eigenvalue weighted by molar-refractivity contribution is 0.451. The highest BCUT2D eigenvalue weighted by Gasteiger charge is 2.15. The molecule has 0 fully saturated rings. The average molecular weight is 241 g/mol. The molecule has 0 heterocycles. The third kappa shape index (κ3) is 3.80. The van der Waals surface area contributed by atoms with Gasteiger partial charge in [-0.3, -0.25) is 0 Å². The molecule has 0 amide bonds. The minimum atomic E-state index is -0.113. The molecular weight excluding hydrogens is 221 g/mol. The highest BCUT2D eigenvalue weighted by Crippen LogP contribution is 2.20. The van der Waals surface area contributed by atoms with Gasteiger partial charge in [0.05, 0.1) is 0 Å². The number of hydrogen-bond acceptors (Lipinski definition) is 2. The van der Waals surface area contributed by atoms with Crippen LogP contribution in [0.3, 0.4) is 0 Å². The first-order chi connectivity index (χ1) is 7.69. The molecule has 0 radical (unpaired) electrons. The molecule has 2 unspecified atom stereocenters. The van der Waals surface area contributed by atoms with Crippen LogP contribution in [0.1, 0.15) is 31.9 Å². The van der Waals surface area contributed by atoms with E-state index in [-0.39, 0.29) is 11.9 Å². The number of hydrogen-bond donors (Lipinski definition) is 1. The molecule has 0 saturated carbocycles. The molecule has 1 nitrogen and oxygen atoms in total. The largest absolute Gasteiger partial charge is 0.307 e. The lowest BCUT2D eigenvalue weighted by Gasteiger charge is -2.22. The summed E-state index contributed by atoms with van der Waals surface area (Å²) in [6.07, 6.45) is 2.99. The smallest absolute Gasteiger partial charge is 0.127 e. The fourth-order valence-electron chi connectivity index (χ4n) is 1.83. The van der Waals surface area contributed by atoms with Gasteiger partial charge in [-0.15, -0.1) is 0 Å². The first-order valence-corrected chi connectivity index (χ1v) is 7.07. The molecule has 3 heteroatoms. The number of nitrogens with one attached hydrogen (secondary N) is 1. The lowest BCUT2D eigenvalue weighted by Crippen LogP contribution is -2.32. The predicted octanol–water partition coefficient (Wildman–Crippen LogP) is 3.62. The van der Waals surface area contributed by atoms with Crippen molar-refractivity contribution >= 4 is 11.8 Å². The predicted molar refractivity (Wildman–Crippen MR) is 70.4 cm³/mol. The minimum absolute atomic E-state index is 0.113. The SMILES string of the molecule is CCC(NC(C)CSC)c1ccccc1F. The number of halogens is 1. The second-order valence-corrected chi connectivity index (χ2v) is 4.92. The Bertz CT molecular complexity index is 317. The summed E-state index contributed by atoms with van der Waals surface area (Å²) in [5.74, 6) is 0.934. The maximum Gasteiger partial charge on any atom is 0.127 e. The number of benzene rings is 1. The monoisotopic (exact) mass is 241 g/mol. The van der Waals surface area contributed by atoms with Crippen LogP contribution in [0.4, 0.5) is 4.39 Å². The van der Waals surface area contributed by atoms with Gasteiger partial charge in [0.2, 0.25) is 0 Å². The molecule has 1 N–H and O–H groups in total. The van der Waals surface area contributed by atoms with Gasteiger partial charge in [0, 0.05) is 23.4 Å². The molecule has 0 aliphatic rings. The summed E-state index contributed by atoms with van der Waals surface area (Å²) in [4.78, 5) is 0. The van der Waals surface area contributed by atoms with Crippen molar-refractivity contribution in [2.45, 2.75) is 32.4 Å². The summed E-state index contributed by atoms with van der Waals surface area (Å²) in [6.45, 7) is 4.22. The Kier molecular flexibility index (Phi) is 5.85. The van der Waals surface area contributed by atoms with E-state index in [2.05, 4.69) is 25.4 Å². The molecule has 16 heavy (non-hydrogen) atoms. The Labute approximate surface area is 102 Å². The zero-order valence-corrected chi connectivity index (χ0v) is 11.0. The van der Waals surface area contributed by atoms with E-state index in [1.54, 1.807) is 17.8 Å². The maximum absolute atomic E-state index is 13.6. The van der Waals surface area contributed by atoms with E-state index in [1.165, 1.54) is 6.07 Å². The molecule has 0 aliphatic heterocycles. The van der Waals surface area contributed by atoms with Gasteiger partial charge in [-0.1, -0.05) is 25.1 Å². The molecule has 0 saturated heterocycles. The summed E-state index contributed by atoms with van der Waals surface area (Å²) in [5, 5.41) is 3.46. The zero-order chi connectivity index (χ0) is 12.0. The van der Waals surface area contributed by atoms with Gasteiger partial charge in [-0.25, -0.2) is 4.39 Å². The molecule has 0 aromatic heterocycles. The van der Waals surface area contributed by atoms with Crippen molar-refractivity contribution in [3.63, 3.8) is 0 Å². The summed E-state index contributed by atoms with van der Waals surface area (Å²) in [6, 6.07) is 7.53. The number of rotatable bonds is 6. The van der Waals surface area contributed by atoms with Gasteiger partial charge in [-0.2, -0.15) is 11.8 Å². The van der Waals surface area contributed by atoms with Gasteiger partial charge >= 0.3 is 0 Å². The quantitative estimate of drug-likeness (QED) is 0.816. The van der Waals surface area contributed by atoms with E-state index in [1.807, 2.05) is 12.1 Å². The van der Waals surface area contributed by atoms with Gasteiger partial charge < -0.3 is 5.32 Å². The second-order valence-electron chi connectivity index (χ2n) is 4.01. The van der Waals surface area contributed by atoms with Crippen molar-refractivity contribution in [2.75, 3.05) is 12.0 Å². The van der Waals surface area contributed by atoms with E-state index in [9.17, 15) is 4.39 Å². The van der Waals surface area contributed by atoms with Crippen molar-refractivity contribution < 1.29 is 4.39 Å². The zero-order valence-electron chi connectivity index (χ0n) is 10.2. The van der Waals surface area contributed by atoms with Gasteiger partial charge in [0.25, 0.3) is 0 Å². The van der Waals surface area contributed by atoms with Crippen molar-refractivity contribution in [2.24, 2.45) is 0 Å². The first kappa shape index (κ1) is 13.5. The van der Waals surface area contributed by atoms with Crippen molar-refractivity contribution in [3.05, 3.63) is 35.6 Å². The van der Waals surface area contributed by atoms with E-state index in [4.69, 9.17) is 0 Å². The molecule has 1 aromatic carbocycles. The summed E-state index contributed by atoms with van der Waals surface area (Å²) in [7, 11) is 0. The number of thioether (sulfide) groups is 1. The normalized spacial score (nSPS) is 14.8. The Morgan fingerprint density at radius 2 is 2.06 bits per heavy atom.